The molecule has 0 saturated heterocycles. The van der Waals surface area contributed by atoms with E-state index in [1.165, 1.54) is 0 Å². The first kappa shape index (κ1) is 12.2. The predicted octanol–water partition coefficient (Wildman–Crippen LogP) is 1.86. The van der Waals surface area contributed by atoms with Gasteiger partial charge in [0.15, 0.2) is 6.29 Å². The highest BCUT2D eigenvalue weighted by Crippen LogP contribution is 2.19. The summed E-state index contributed by atoms with van der Waals surface area (Å²) in [5.74, 6) is 0.620. The molecule has 0 aliphatic carbocycles. The third-order valence-corrected chi connectivity index (χ3v) is 3.52. The van der Waals surface area contributed by atoms with E-state index in [1.807, 2.05) is 26.8 Å². The van der Waals surface area contributed by atoms with Crippen molar-refractivity contribution in [3.05, 3.63) is 23.0 Å². The zero-order valence-corrected chi connectivity index (χ0v) is 10.4. The molecule has 0 radical (unpaired) electrons. The predicted molar refractivity (Wildman–Crippen MR) is 62.9 cm³/mol. The quantitative estimate of drug-likeness (QED) is 0.736. The first-order valence-corrected chi connectivity index (χ1v) is 6.63. The van der Waals surface area contributed by atoms with E-state index >= 15 is 0 Å². The maximum atomic E-state index is 11.2. The number of hydrogen-bond donors (Lipinski definition) is 0. The minimum absolute atomic E-state index is 0.171. The zero-order valence-electron chi connectivity index (χ0n) is 9.61. The molecule has 1 aromatic heterocycles. The lowest BCUT2D eigenvalue weighted by atomic mass is 10.3. The molecule has 3 nitrogen and oxygen atoms in total. The number of carbonyl (C=O) groups is 1. The van der Waals surface area contributed by atoms with Crippen molar-refractivity contribution in [1.29, 1.82) is 0 Å². The Kier molecular flexibility index (Phi) is 3.85. The van der Waals surface area contributed by atoms with Crippen LogP contribution in [0.25, 0.3) is 0 Å². The summed E-state index contributed by atoms with van der Waals surface area (Å²) in [6.45, 7) is 5.91. The van der Waals surface area contributed by atoms with Gasteiger partial charge in [-0.15, -0.1) is 0 Å². The maximum Gasteiger partial charge on any atom is 0.151 e. The van der Waals surface area contributed by atoms with Crippen molar-refractivity contribution < 1.29 is 9.00 Å². The van der Waals surface area contributed by atoms with E-state index in [2.05, 4.69) is 4.57 Å². The number of aryl methyl sites for hydroxylation is 1. The number of carbonyl (C=O) groups excluding carboxylic acids is 1. The van der Waals surface area contributed by atoms with Crippen molar-refractivity contribution in [1.82, 2.24) is 4.57 Å². The molecule has 0 bridgehead atoms. The summed E-state index contributed by atoms with van der Waals surface area (Å²) in [7, 11) is -0.815. The molecule has 0 amide bonds. The Labute approximate surface area is 92.9 Å². The fourth-order valence-corrected chi connectivity index (χ4v) is 2.84. The monoisotopic (exact) mass is 227 g/mol. The van der Waals surface area contributed by atoms with Crippen LogP contribution in [0.4, 0.5) is 0 Å². The van der Waals surface area contributed by atoms with E-state index in [4.69, 9.17) is 0 Å². The Morgan fingerprint density at radius 3 is 2.53 bits per heavy atom. The number of rotatable bonds is 4. The molecule has 0 aliphatic heterocycles. The standard InChI is InChI=1S/C11H17NO2S/c1-8-5-11(6-13)10(3)12(8)9(2)7-15(4)14/h5-6,9H,7H2,1-4H3. The molecule has 0 aliphatic rings. The highest BCUT2D eigenvalue weighted by atomic mass is 32.2. The highest BCUT2D eigenvalue weighted by molar-refractivity contribution is 7.84. The molecule has 0 fully saturated rings. The van der Waals surface area contributed by atoms with Crippen LogP contribution in [-0.4, -0.2) is 27.1 Å². The minimum atomic E-state index is -0.815. The second-order valence-corrected chi connectivity index (χ2v) is 5.38. The number of nitrogens with zero attached hydrogens (tertiary/aromatic N) is 1. The van der Waals surface area contributed by atoms with Crippen LogP contribution in [0.2, 0.25) is 0 Å². The summed E-state index contributed by atoms with van der Waals surface area (Å²) < 4.78 is 13.2. The lowest BCUT2D eigenvalue weighted by Gasteiger charge is -2.17. The van der Waals surface area contributed by atoms with Crippen LogP contribution in [0.3, 0.4) is 0 Å². The average molecular weight is 227 g/mol. The largest absolute Gasteiger partial charge is 0.345 e. The Bertz CT molecular complexity index is 396. The molecule has 1 rings (SSSR count). The lowest BCUT2D eigenvalue weighted by molar-refractivity contribution is 0.112. The molecule has 1 heterocycles. The van der Waals surface area contributed by atoms with E-state index in [1.54, 1.807) is 6.26 Å². The minimum Gasteiger partial charge on any atom is -0.345 e. The Hall–Kier alpha value is -0.900. The van der Waals surface area contributed by atoms with Gasteiger partial charge in [0, 0.05) is 45.8 Å². The van der Waals surface area contributed by atoms with Crippen molar-refractivity contribution in [2.75, 3.05) is 12.0 Å². The third-order valence-electron chi connectivity index (χ3n) is 2.57. The van der Waals surface area contributed by atoms with Gasteiger partial charge in [-0.2, -0.15) is 0 Å². The first-order valence-electron chi connectivity index (χ1n) is 4.91. The van der Waals surface area contributed by atoms with Gasteiger partial charge < -0.3 is 4.57 Å². The molecule has 0 N–H and O–H groups in total. The normalized spacial score (nSPS) is 14.9. The fraction of sp³-hybridized carbons (Fsp3) is 0.545. The second-order valence-electron chi connectivity index (χ2n) is 3.90. The van der Waals surface area contributed by atoms with Crippen LogP contribution < -0.4 is 0 Å². The second kappa shape index (κ2) is 4.75. The van der Waals surface area contributed by atoms with Crippen LogP contribution in [-0.2, 0) is 10.8 Å². The van der Waals surface area contributed by atoms with E-state index in [0.29, 0.717) is 5.75 Å². The Morgan fingerprint density at radius 2 is 2.13 bits per heavy atom. The summed E-state index contributed by atoms with van der Waals surface area (Å²) in [6, 6.07) is 2.04. The van der Waals surface area contributed by atoms with Gasteiger partial charge in [0.05, 0.1) is 0 Å². The molecule has 1 aromatic rings. The van der Waals surface area contributed by atoms with E-state index in [-0.39, 0.29) is 6.04 Å². The van der Waals surface area contributed by atoms with Gasteiger partial charge >= 0.3 is 0 Å². The van der Waals surface area contributed by atoms with Crippen LogP contribution in [0.1, 0.15) is 34.7 Å². The molecule has 2 unspecified atom stereocenters. The summed E-state index contributed by atoms with van der Waals surface area (Å²) in [5, 5.41) is 0. The topological polar surface area (TPSA) is 39.1 Å². The van der Waals surface area contributed by atoms with Crippen LogP contribution in [0, 0.1) is 13.8 Å². The van der Waals surface area contributed by atoms with Crippen molar-refractivity contribution in [2.45, 2.75) is 26.8 Å². The first-order chi connectivity index (χ1) is 6.97. The number of aromatic nitrogens is 1. The molecule has 0 aromatic carbocycles. The highest BCUT2D eigenvalue weighted by Gasteiger charge is 2.14. The molecule has 4 heteroatoms. The van der Waals surface area contributed by atoms with Gasteiger partial charge in [-0.25, -0.2) is 0 Å². The molecular weight excluding hydrogens is 210 g/mol. The van der Waals surface area contributed by atoms with E-state index in [0.717, 1.165) is 23.2 Å². The third kappa shape index (κ3) is 2.56. The van der Waals surface area contributed by atoms with Crippen molar-refractivity contribution in [3.8, 4) is 0 Å². The van der Waals surface area contributed by atoms with Gasteiger partial charge in [-0.05, 0) is 26.8 Å². The zero-order chi connectivity index (χ0) is 11.6. The molecule has 0 spiro atoms. The maximum absolute atomic E-state index is 11.2. The van der Waals surface area contributed by atoms with Crippen molar-refractivity contribution in [2.24, 2.45) is 0 Å². The average Bonchev–Trinajstić information content (AvgIpc) is 2.40. The van der Waals surface area contributed by atoms with Crippen LogP contribution in [0.15, 0.2) is 6.07 Å². The SMILES string of the molecule is Cc1cc(C=O)c(C)n1C(C)CS(C)=O. The smallest absolute Gasteiger partial charge is 0.151 e. The van der Waals surface area contributed by atoms with Gasteiger partial charge in [0.2, 0.25) is 0 Å². The molecule has 84 valence electrons. The summed E-state index contributed by atoms with van der Waals surface area (Å²) in [6.07, 6.45) is 2.57. The molecular formula is C11H17NO2S. The lowest BCUT2D eigenvalue weighted by Crippen LogP contribution is -2.15. The van der Waals surface area contributed by atoms with E-state index in [9.17, 15) is 9.00 Å². The van der Waals surface area contributed by atoms with Crippen LogP contribution >= 0.6 is 0 Å². The van der Waals surface area contributed by atoms with Gasteiger partial charge in [-0.3, -0.25) is 9.00 Å². The number of hydrogen-bond acceptors (Lipinski definition) is 2. The summed E-state index contributed by atoms with van der Waals surface area (Å²) in [4.78, 5) is 10.8. The van der Waals surface area contributed by atoms with Crippen LogP contribution in [0.5, 0.6) is 0 Å². The van der Waals surface area contributed by atoms with Gasteiger partial charge in [-0.1, -0.05) is 0 Å². The summed E-state index contributed by atoms with van der Waals surface area (Å²) >= 11 is 0. The van der Waals surface area contributed by atoms with E-state index < -0.39 is 10.8 Å². The summed E-state index contributed by atoms with van der Waals surface area (Å²) in [5.41, 5.74) is 2.73. The van der Waals surface area contributed by atoms with Gasteiger partial charge in [0.25, 0.3) is 0 Å². The van der Waals surface area contributed by atoms with Crippen molar-refractivity contribution >= 4 is 17.1 Å². The van der Waals surface area contributed by atoms with Gasteiger partial charge in [0.1, 0.15) is 0 Å². The molecule has 15 heavy (non-hydrogen) atoms. The number of aldehydes is 1. The fourth-order valence-electron chi connectivity index (χ4n) is 2.01. The van der Waals surface area contributed by atoms with Crippen molar-refractivity contribution in [3.63, 3.8) is 0 Å². The molecule has 2 atom stereocenters. The Balaban J connectivity index is 3.07. The Morgan fingerprint density at radius 1 is 1.53 bits per heavy atom. The molecule has 0 saturated carbocycles.